The SMILES string of the molecule is CC(C)CS(=O)(=O)Nc1ccccc1C(C)O. The molecular formula is C12H19NO3S. The Bertz CT molecular complexity index is 466. The third-order valence-corrected chi connectivity index (χ3v) is 3.87. The molecule has 1 atom stereocenters. The number of sulfonamides is 1. The van der Waals surface area contributed by atoms with Crippen LogP contribution in [0.25, 0.3) is 0 Å². The molecule has 1 rings (SSSR count). The summed E-state index contributed by atoms with van der Waals surface area (Å²) >= 11 is 0. The first-order valence-corrected chi connectivity index (χ1v) is 7.24. The van der Waals surface area contributed by atoms with Gasteiger partial charge in [0, 0.05) is 5.56 Å². The average Bonchev–Trinajstić information content (AvgIpc) is 2.14. The maximum absolute atomic E-state index is 11.8. The van der Waals surface area contributed by atoms with E-state index in [1.54, 1.807) is 31.2 Å². The Labute approximate surface area is 103 Å². The van der Waals surface area contributed by atoms with Gasteiger partial charge in [0.1, 0.15) is 0 Å². The molecule has 0 saturated heterocycles. The van der Waals surface area contributed by atoms with Crippen LogP contribution in [0.15, 0.2) is 24.3 Å². The van der Waals surface area contributed by atoms with Crippen LogP contribution >= 0.6 is 0 Å². The van der Waals surface area contributed by atoms with Gasteiger partial charge in [-0.15, -0.1) is 0 Å². The molecule has 2 N–H and O–H groups in total. The van der Waals surface area contributed by atoms with E-state index in [-0.39, 0.29) is 11.7 Å². The van der Waals surface area contributed by atoms with E-state index in [9.17, 15) is 13.5 Å². The first kappa shape index (κ1) is 14.0. The topological polar surface area (TPSA) is 66.4 Å². The quantitative estimate of drug-likeness (QED) is 0.849. The largest absolute Gasteiger partial charge is 0.389 e. The maximum atomic E-state index is 11.8. The van der Waals surface area contributed by atoms with E-state index in [1.807, 2.05) is 13.8 Å². The Balaban J connectivity index is 2.96. The second kappa shape index (κ2) is 5.51. The molecule has 0 heterocycles. The van der Waals surface area contributed by atoms with Gasteiger partial charge in [-0.2, -0.15) is 0 Å². The van der Waals surface area contributed by atoms with Crippen molar-refractivity contribution in [3.8, 4) is 0 Å². The van der Waals surface area contributed by atoms with Gasteiger partial charge >= 0.3 is 0 Å². The summed E-state index contributed by atoms with van der Waals surface area (Å²) in [5, 5.41) is 9.55. The Morgan fingerprint density at radius 3 is 2.35 bits per heavy atom. The van der Waals surface area contributed by atoms with Gasteiger partial charge in [0.05, 0.1) is 17.5 Å². The first-order valence-electron chi connectivity index (χ1n) is 5.59. The highest BCUT2D eigenvalue weighted by Gasteiger charge is 2.15. The highest BCUT2D eigenvalue weighted by atomic mass is 32.2. The van der Waals surface area contributed by atoms with Crippen LogP contribution in [0.1, 0.15) is 32.4 Å². The molecule has 17 heavy (non-hydrogen) atoms. The summed E-state index contributed by atoms with van der Waals surface area (Å²) in [4.78, 5) is 0. The molecule has 0 aliphatic carbocycles. The second-order valence-electron chi connectivity index (χ2n) is 4.54. The molecule has 0 spiro atoms. The van der Waals surface area contributed by atoms with Crippen molar-refractivity contribution in [2.75, 3.05) is 10.5 Å². The van der Waals surface area contributed by atoms with Crippen LogP contribution in [-0.2, 0) is 10.0 Å². The summed E-state index contributed by atoms with van der Waals surface area (Å²) < 4.78 is 26.1. The Hall–Kier alpha value is -1.07. The van der Waals surface area contributed by atoms with Gasteiger partial charge in [0.2, 0.25) is 10.0 Å². The monoisotopic (exact) mass is 257 g/mol. The van der Waals surface area contributed by atoms with Gasteiger partial charge < -0.3 is 5.11 Å². The van der Waals surface area contributed by atoms with E-state index in [2.05, 4.69) is 4.72 Å². The number of rotatable bonds is 5. The highest BCUT2D eigenvalue weighted by Crippen LogP contribution is 2.23. The van der Waals surface area contributed by atoms with Crippen LogP contribution in [0.2, 0.25) is 0 Å². The molecule has 0 fully saturated rings. The molecule has 1 aromatic rings. The molecule has 4 nitrogen and oxygen atoms in total. The maximum Gasteiger partial charge on any atom is 0.232 e. The number of aliphatic hydroxyl groups excluding tert-OH is 1. The minimum atomic E-state index is -3.35. The van der Waals surface area contributed by atoms with Crippen LogP contribution in [0.3, 0.4) is 0 Å². The van der Waals surface area contributed by atoms with E-state index in [0.29, 0.717) is 11.3 Å². The molecule has 0 aliphatic heterocycles. The van der Waals surface area contributed by atoms with E-state index in [1.165, 1.54) is 0 Å². The van der Waals surface area contributed by atoms with Gasteiger partial charge in [-0.25, -0.2) is 8.42 Å². The minimum absolute atomic E-state index is 0.0613. The fourth-order valence-electron chi connectivity index (χ4n) is 1.60. The lowest BCUT2D eigenvalue weighted by Crippen LogP contribution is -2.21. The number of nitrogens with one attached hydrogen (secondary N) is 1. The molecule has 0 aliphatic rings. The summed E-state index contributed by atoms with van der Waals surface area (Å²) in [5.41, 5.74) is 1.03. The first-order chi connectivity index (χ1) is 7.82. The summed E-state index contributed by atoms with van der Waals surface area (Å²) in [6.07, 6.45) is -0.701. The molecule has 5 heteroatoms. The Kier molecular flexibility index (Phi) is 4.54. The predicted molar refractivity (Wildman–Crippen MR) is 69.3 cm³/mol. The Morgan fingerprint density at radius 2 is 1.82 bits per heavy atom. The minimum Gasteiger partial charge on any atom is -0.389 e. The third kappa shape index (κ3) is 4.36. The molecule has 0 radical (unpaired) electrons. The fourth-order valence-corrected chi connectivity index (χ4v) is 3.08. The number of benzene rings is 1. The van der Waals surface area contributed by atoms with Crippen molar-refractivity contribution in [2.45, 2.75) is 26.9 Å². The van der Waals surface area contributed by atoms with E-state index in [4.69, 9.17) is 0 Å². The van der Waals surface area contributed by atoms with Crippen molar-refractivity contribution in [3.63, 3.8) is 0 Å². The fraction of sp³-hybridized carbons (Fsp3) is 0.500. The van der Waals surface area contributed by atoms with Gasteiger partial charge in [-0.05, 0) is 18.9 Å². The van der Waals surface area contributed by atoms with E-state index in [0.717, 1.165) is 0 Å². The van der Waals surface area contributed by atoms with Crippen molar-refractivity contribution in [1.82, 2.24) is 0 Å². The number of hydrogen-bond donors (Lipinski definition) is 2. The molecule has 0 bridgehead atoms. The molecule has 1 unspecified atom stereocenters. The predicted octanol–water partition coefficient (Wildman–Crippen LogP) is 2.14. The van der Waals surface area contributed by atoms with Gasteiger partial charge in [-0.3, -0.25) is 4.72 Å². The zero-order valence-electron chi connectivity index (χ0n) is 10.3. The van der Waals surface area contributed by atoms with Crippen LogP contribution < -0.4 is 4.72 Å². The van der Waals surface area contributed by atoms with Crippen LogP contribution in [0.5, 0.6) is 0 Å². The number of aliphatic hydroxyl groups is 1. The zero-order chi connectivity index (χ0) is 13.1. The van der Waals surface area contributed by atoms with Crippen LogP contribution in [0, 0.1) is 5.92 Å². The zero-order valence-corrected chi connectivity index (χ0v) is 11.2. The van der Waals surface area contributed by atoms with Crippen molar-refractivity contribution >= 4 is 15.7 Å². The summed E-state index contributed by atoms with van der Waals surface area (Å²) in [6.45, 7) is 5.30. The lowest BCUT2D eigenvalue weighted by molar-refractivity contribution is 0.200. The standard InChI is InChI=1S/C12H19NO3S/c1-9(2)8-17(15,16)13-12-7-5-4-6-11(12)10(3)14/h4-7,9-10,13-14H,8H2,1-3H3. The molecular weight excluding hydrogens is 238 g/mol. The number of hydrogen-bond acceptors (Lipinski definition) is 3. The molecule has 1 aromatic carbocycles. The third-order valence-electron chi connectivity index (χ3n) is 2.23. The second-order valence-corrected chi connectivity index (χ2v) is 6.31. The lowest BCUT2D eigenvalue weighted by Gasteiger charge is -2.15. The van der Waals surface area contributed by atoms with Crippen molar-refractivity contribution in [1.29, 1.82) is 0 Å². The van der Waals surface area contributed by atoms with Crippen LogP contribution in [0.4, 0.5) is 5.69 Å². The number of anilines is 1. The highest BCUT2D eigenvalue weighted by molar-refractivity contribution is 7.92. The van der Waals surface area contributed by atoms with Gasteiger partial charge in [0.25, 0.3) is 0 Å². The Morgan fingerprint density at radius 1 is 1.24 bits per heavy atom. The molecule has 0 saturated carbocycles. The van der Waals surface area contributed by atoms with Crippen LogP contribution in [-0.4, -0.2) is 19.3 Å². The molecule has 0 amide bonds. The average molecular weight is 257 g/mol. The normalized spacial score (nSPS) is 13.7. The van der Waals surface area contributed by atoms with E-state index >= 15 is 0 Å². The van der Waals surface area contributed by atoms with Gasteiger partial charge in [-0.1, -0.05) is 32.0 Å². The molecule has 0 aromatic heterocycles. The van der Waals surface area contributed by atoms with Crippen molar-refractivity contribution < 1.29 is 13.5 Å². The summed E-state index contributed by atoms with van der Waals surface area (Å²) in [5.74, 6) is 0.132. The summed E-state index contributed by atoms with van der Waals surface area (Å²) in [7, 11) is -3.35. The summed E-state index contributed by atoms with van der Waals surface area (Å²) in [6, 6.07) is 6.86. The van der Waals surface area contributed by atoms with E-state index < -0.39 is 16.1 Å². The lowest BCUT2D eigenvalue weighted by atomic mass is 10.1. The molecule has 96 valence electrons. The smallest absolute Gasteiger partial charge is 0.232 e. The van der Waals surface area contributed by atoms with Crippen molar-refractivity contribution in [2.24, 2.45) is 5.92 Å². The number of para-hydroxylation sites is 1. The van der Waals surface area contributed by atoms with Crippen molar-refractivity contribution in [3.05, 3.63) is 29.8 Å². The van der Waals surface area contributed by atoms with Gasteiger partial charge in [0.15, 0.2) is 0 Å².